The van der Waals surface area contributed by atoms with E-state index >= 15 is 0 Å². The van der Waals surface area contributed by atoms with E-state index in [1.807, 2.05) is 6.07 Å². The fourth-order valence-corrected chi connectivity index (χ4v) is 1.53. The van der Waals surface area contributed by atoms with Crippen LogP contribution in [0.15, 0.2) is 30.5 Å². The highest BCUT2D eigenvalue weighted by Gasteiger charge is 2.13. The lowest BCUT2D eigenvalue weighted by Gasteiger charge is -2.09. The Hall–Kier alpha value is -2.55. The lowest BCUT2D eigenvalue weighted by Crippen LogP contribution is -2.06. The molecule has 0 unspecified atom stereocenters. The van der Waals surface area contributed by atoms with Gasteiger partial charge in [0, 0.05) is 18.3 Å². The van der Waals surface area contributed by atoms with E-state index in [4.69, 9.17) is 5.26 Å². The summed E-state index contributed by atoms with van der Waals surface area (Å²) in [4.78, 5) is 3.83. The fourth-order valence-electron chi connectivity index (χ4n) is 1.53. The second kappa shape index (κ2) is 5.40. The Morgan fingerprint density at radius 1 is 1.16 bits per heavy atom. The largest absolute Gasteiger partial charge is 0.378 e. The minimum absolute atomic E-state index is 0.0821. The molecule has 2 rings (SSSR count). The van der Waals surface area contributed by atoms with Gasteiger partial charge in [-0.3, -0.25) is 0 Å². The second-order valence-corrected chi connectivity index (χ2v) is 3.70. The van der Waals surface area contributed by atoms with Crippen LogP contribution >= 0.6 is 0 Å². The van der Waals surface area contributed by atoms with Crippen LogP contribution in [0.4, 0.5) is 18.9 Å². The highest BCUT2D eigenvalue weighted by molar-refractivity contribution is 5.46. The maximum Gasteiger partial charge on any atom is 0.196 e. The number of pyridine rings is 1. The van der Waals surface area contributed by atoms with Gasteiger partial charge in [-0.25, -0.2) is 18.2 Å². The quantitative estimate of drug-likeness (QED) is 0.866. The van der Waals surface area contributed by atoms with Crippen molar-refractivity contribution in [3.05, 3.63) is 59.2 Å². The molecule has 0 aliphatic rings. The molecule has 0 bridgehead atoms. The third-order valence-electron chi connectivity index (χ3n) is 2.50. The molecule has 1 aromatic heterocycles. The molecule has 0 aliphatic heterocycles. The van der Waals surface area contributed by atoms with E-state index in [0.717, 1.165) is 12.1 Å². The minimum atomic E-state index is -1.53. The monoisotopic (exact) mass is 263 g/mol. The molecular weight excluding hydrogens is 255 g/mol. The van der Waals surface area contributed by atoms with Gasteiger partial charge in [0.1, 0.15) is 11.8 Å². The summed E-state index contributed by atoms with van der Waals surface area (Å²) in [5.74, 6) is -4.07. The first kappa shape index (κ1) is 12.9. The van der Waals surface area contributed by atoms with Crippen LogP contribution in [0.1, 0.15) is 11.3 Å². The number of hydrogen-bond donors (Lipinski definition) is 1. The third-order valence-corrected chi connectivity index (χ3v) is 2.50. The number of anilines is 1. The van der Waals surface area contributed by atoms with Gasteiger partial charge in [-0.05, 0) is 18.2 Å². The molecule has 0 amide bonds. The van der Waals surface area contributed by atoms with Crippen LogP contribution in [0.5, 0.6) is 0 Å². The van der Waals surface area contributed by atoms with Crippen molar-refractivity contribution in [2.24, 2.45) is 0 Å². The van der Waals surface area contributed by atoms with Gasteiger partial charge in [0.25, 0.3) is 0 Å². The molecule has 0 fully saturated rings. The zero-order valence-corrected chi connectivity index (χ0v) is 9.62. The van der Waals surface area contributed by atoms with Crippen LogP contribution in [0.2, 0.25) is 0 Å². The molecule has 0 saturated heterocycles. The van der Waals surface area contributed by atoms with Crippen molar-refractivity contribution in [1.82, 2.24) is 4.98 Å². The van der Waals surface area contributed by atoms with Gasteiger partial charge >= 0.3 is 0 Å². The fraction of sp³-hybridized carbons (Fsp3) is 0.0769. The van der Waals surface area contributed by atoms with Crippen LogP contribution in [0, 0.1) is 28.8 Å². The van der Waals surface area contributed by atoms with E-state index in [-0.39, 0.29) is 17.9 Å². The van der Waals surface area contributed by atoms with Gasteiger partial charge in [-0.2, -0.15) is 5.26 Å². The minimum Gasteiger partial charge on any atom is -0.378 e. The Labute approximate surface area is 107 Å². The lowest BCUT2D eigenvalue weighted by atomic mass is 10.2. The number of rotatable bonds is 3. The molecule has 19 heavy (non-hydrogen) atoms. The SMILES string of the molecule is N#Cc1ncccc1CNc1ccc(F)c(F)c1F. The average molecular weight is 263 g/mol. The van der Waals surface area contributed by atoms with Crippen LogP contribution < -0.4 is 5.32 Å². The Morgan fingerprint density at radius 3 is 2.68 bits per heavy atom. The van der Waals surface area contributed by atoms with Crippen molar-refractivity contribution >= 4 is 5.69 Å². The summed E-state index contributed by atoms with van der Waals surface area (Å²) in [5.41, 5.74) is 0.554. The van der Waals surface area contributed by atoms with Gasteiger partial charge < -0.3 is 5.32 Å². The van der Waals surface area contributed by atoms with E-state index in [1.54, 1.807) is 12.1 Å². The van der Waals surface area contributed by atoms with Gasteiger partial charge in [0.05, 0.1) is 5.69 Å². The molecule has 0 radical (unpaired) electrons. The van der Waals surface area contributed by atoms with Crippen molar-refractivity contribution in [2.45, 2.75) is 6.54 Å². The number of nitrogens with zero attached hydrogens (tertiary/aromatic N) is 2. The Balaban J connectivity index is 2.20. The average Bonchev–Trinajstić information content (AvgIpc) is 2.44. The molecule has 1 heterocycles. The predicted molar refractivity (Wildman–Crippen MR) is 62.6 cm³/mol. The van der Waals surface area contributed by atoms with Gasteiger partial charge in [-0.1, -0.05) is 6.07 Å². The molecule has 0 atom stereocenters. The van der Waals surface area contributed by atoms with E-state index in [0.29, 0.717) is 5.56 Å². The summed E-state index contributed by atoms with van der Waals surface area (Å²) in [6.45, 7) is 0.0821. The maximum absolute atomic E-state index is 13.4. The summed E-state index contributed by atoms with van der Waals surface area (Å²) < 4.78 is 39.1. The Bertz CT molecular complexity index is 650. The smallest absolute Gasteiger partial charge is 0.196 e. The van der Waals surface area contributed by atoms with Crippen LogP contribution in [0.25, 0.3) is 0 Å². The molecule has 1 N–H and O–H groups in total. The zero-order chi connectivity index (χ0) is 13.8. The van der Waals surface area contributed by atoms with Crippen molar-refractivity contribution in [3.63, 3.8) is 0 Å². The Morgan fingerprint density at radius 2 is 1.95 bits per heavy atom. The number of halogens is 3. The summed E-state index contributed by atoms with van der Waals surface area (Å²) in [7, 11) is 0. The van der Waals surface area contributed by atoms with Crippen molar-refractivity contribution in [1.29, 1.82) is 5.26 Å². The normalized spacial score (nSPS) is 10.0. The number of aromatic nitrogens is 1. The predicted octanol–water partition coefficient (Wildman–Crippen LogP) is 2.98. The molecule has 3 nitrogen and oxygen atoms in total. The van der Waals surface area contributed by atoms with Gasteiger partial charge in [0.2, 0.25) is 0 Å². The van der Waals surface area contributed by atoms with E-state index in [9.17, 15) is 13.2 Å². The first-order valence-electron chi connectivity index (χ1n) is 5.35. The van der Waals surface area contributed by atoms with Crippen molar-refractivity contribution in [3.8, 4) is 6.07 Å². The van der Waals surface area contributed by atoms with E-state index in [2.05, 4.69) is 10.3 Å². The number of nitrogens with one attached hydrogen (secondary N) is 1. The van der Waals surface area contributed by atoms with Gasteiger partial charge in [0.15, 0.2) is 17.5 Å². The number of benzene rings is 1. The molecule has 1 aromatic carbocycles. The standard InChI is InChI=1S/C13H8F3N3/c14-9-3-4-10(13(16)12(9)15)19-7-8-2-1-5-18-11(8)6-17/h1-5,19H,7H2. The molecule has 0 spiro atoms. The molecule has 0 aliphatic carbocycles. The third kappa shape index (κ3) is 2.65. The highest BCUT2D eigenvalue weighted by Crippen LogP contribution is 2.20. The molecular formula is C13H8F3N3. The summed E-state index contributed by atoms with van der Waals surface area (Å²) in [5, 5.41) is 11.4. The van der Waals surface area contributed by atoms with Crippen LogP contribution in [-0.2, 0) is 6.54 Å². The molecule has 2 aromatic rings. The lowest BCUT2D eigenvalue weighted by molar-refractivity contribution is 0.449. The first-order valence-corrected chi connectivity index (χ1v) is 5.35. The van der Waals surface area contributed by atoms with E-state index < -0.39 is 17.5 Å². The first-order chi connectivity index (χ1) is 9.13. The van der Waals surface area contributed by atoms with Crippen molar-refractivity contribution < 1.29 is 13.2 Å². The van der Waals surface area contributed by atoms with Gasteiger partial charge in [-0.15, -0.1) is 0 Å². The summed E-state index contributed by atoms with van der Waals surface area (Å²) >= 11 is 0. The topological polar surface area (TPSA) is 48.7 Å². The molecule has 6 heteroatoms. The summed E-state index contributed by atoms with van der Waals surface area (Å²) in [6, 6.07) is 7.07. The van der Waals surface area contributed by atoms with E-state index in [1.165, 1.54) is 6.20 Å². The molecule has 0 saturated carbocycles. The molecule has 96 valence electrons. The number of hydrogen-bond acceptors (Lipinski definition) is 3. The second-order valence-electron chi connectivity index (χ2n) is 3.70. The van der Waals surface area contributed by atoms with Crippen LogP contribution in [0.3, 0.4) is 0 Å². The van der Waals surface area contributed by atoms with Crippen molar-refractivity contribution in [2.75, 3.05) is 5.32 Å². The van der Waals surface area contributed by atoms with Crippen LogP contribution in [-0.4, -0.2) is 4.98 Å². The zero-order valence-electron chi connectivity index (χ0n) is 9.62. The number of nitriles is 1. The summed E-state index contributed by atoms with van der Waals surface area (Å²) in [6.07, 6.45) is 1.46. The maximum atomic E-state index is 13.4. The Kier molecular flexibility index (Phi) is 3.66. The highest BCUT2D eigenvalue weighted by atomic mass is 19.2.